The molecule has 0 spiro atoms. The molecule has 0 bridgehead atoms. The highest BCUT2D eigenvalue weighted by atomic mass is 19.1. The number of carbonyl (C=O) groups is 2. The first-order valence-corrected chi connectivity index (χ1v) is 18.7. The molecule has 2 aromatic carbocycles. The van der Waals surface area contributed by atoms with Crippen LogP contribution in [0.4, 0.5) is 10.2 Å². The number of aromatic nitrogens is 1. The van der Waals surface area contributed by atoms with Gasteiger partial charge in [0.05, 0.1) is 0 Å². The molecule has 2 aliphatic heterocycles. The third kappa shape index (κ3) is 10.8. The number of piperidine rings is 1. The maximum Gasteiger partial charge on any atom is 0.251 e. The number of allylic oxidation sites excluding steroid dienone is 10. The first-order chi connectivity index (χ1) is 25.8. The third-order valence-electron chi connectivity index (χ3n) is 9.90. The highest BCUT2D eigenvalue weighted by Gasteiger charge is 2.23. The van der Waals surface area contributed by atoms with E-state index < -0.39 is 0 Å². The van der Waals surface area contributed by atoms with Gasteiger partial charge in [0, 0.05) is 61.1 Å². The smallest absolute Gasteiger partial charge is 0.251 e. The third-order valence-corrected chi connectivity index (χ3v) is 9.90. The van der Waals surface area contributed by atoms with E-state index in [1.807, 2.05) is 74.7 Å². The van der Waals surface area contributed by atoms with Crippen LogP contribution in [0, 0.1) is 5.82 Å². The van der Waals surface area contributed by atoms with Gasteiger partial charge in [0.2, 0.25) is 0 Å². The molecule has 1 aromatic heterocycles. The van der Waals surface area contributed by atoms with E-state index in [0.29, 0.717) is 22.3 Å². The molecule has 3 aromatic rings. The molecule has 8 heteroatoms. The van der Waals surface area contributed by atoms with Crippen molar-refractivity contribution in [1.82, 2.24) is 20.5 Å². The maximum atomic E-state index is 14.6. The molecule has 5 rings (SSSR count). The molecule has 2 N–H and O–H groups in total. The largest absolute Gasteiger partial charge is 0.356 e. The van der Waals surface area contributed by atoms with E-state index in [4.69, 9.17) is 4.98 Å². The number of rotatable bonds is 13. The number of hydrogen-bond donors (Lipinski definition) is 2. The van der Waals surface area contributed by atoms with Crippen molar-refractivity contribution in [2.45, 2.75) is 64.6 Å². The molecule has 2 saturated heterocycles. The van der Waals surface area contributed by atoms with Crippen molar-refractivity contribution in [3.05, 3.63) is 156 Å². The average Bonchev–Trinajstić information content (AvgIpc) is 3.41. The fourth-order valence-corrected chi connectivity index (χ4v) is 6.88. The van der Waals surface area contributed by atoms with Crippen molar-refractivity contribution < 1.29 is 14.0 Å². The van der Waals surface area contributed by atoms with Crippen molar-refractivity contribution in [1.29, 1.82) is 0 Å². The van der Waals surface area contributed by atoms with Gasteiger partial charge in [-0.25, -0.2) is 9.37 Å². The molecule has 0 radical (unpaired) electrons. The summed E-state index contributed by atoms with van der Waals surface area (Å²) in [7, 11) is 0. The minimum atomic E-state index is -0.384. The Balaban J connectivity index is 1.08. The summed E-state index contributed by atoms with van der Waals surface area (Å²) in [5.41, 5.74) is 5.17. The summed E-state index contributed by atoms with van der Waals surface area (Å²) in [6.45, 7) is 15.8. The van der Waals surface area contributed by atoms with Crippen LogP contribution < -0.4 is 15.5 Å². The highest BCUT2D eigenvalue weighted by Crippen LogP contribution is 2.24. The Morgan fingerprint density at radius 2 is 1.43 bits per heavy atom. The average molecular weight is 714 g/mol. The van der Waals surface area contributed by atoms with Gasteiger partial charge < -0.3 is 15.5 Å². The van der Waals surface area contributed by atoms with Gasteiger partial charge in [-0.1, -0.05) is 80.0 Å². The molecule has 276 valence electrons. The molecule has 2 fully saturated rings. The molecule has 1 atom stereocenters. The second-order valence-electron chi connectivity index (χ2n) is 13.6. The molecule has 7 nitrogen and oxygen atoms in total. The first-order valence-electron chi connectivity index (χ1n) is 18.7. The monoisotopic (exact) mass is 713 g/mol. The Morgan fingerprint density at radius 1 is 0.792 bits per heavy atom. The summed E-state index contributed by atoms with van der Waals surface area (Å²) >= 11 is 0. The Bertz CT molecular complexity index is 1870. The Labute approximate surface area is 314 Å². The van der Waals surface area contributed by atoms with E-state index in [1.54, 1.807) is 24.3 Å². The number of anilines is 1. The van der Waals surface area contributed by atoms with Gasteiger partial charge in [-0.3, -0.25) is 14.5 Å². The van der Waals surface area contributed by atoms with E-state index >= 15 is 0 Å². The van der Waals surface area contributed by atoms with E-state index in [1.165, 1.54) is 12.1 Å². The fourth-order valence-electron chi connectivity index (χ4n) is 6.88. The molecular formula is C45H52FN5O2. The molecule has 53 heavy (non-hydrogen) atoms. The van der Waals surface area contributed by atoms with Gasteiger partial charge in [0.1, 0.15) is 11.6 Å². The van der Waals surface area contributed by atoms with E-state index in [-0.39, 0.29) is 29.7 Å². The topological polar surface area (TPSA) is 77.6 Å². The lowest BCUT2D eigenvalue weighted by atomic mass is 10.0. The summed E-state index contributed by atoms with van der Waals surface area (Å²) in [6.07, 6.45) is 21.2. The SMILES string of the molecule is C=C/C(=C\C=C/C)c1cccc(C(=O)NC2CCN(c3ccc(CN4CCCC(NC(=O)c5ccc(F)c(/C(C=C)=C/C=C\C)c5)CC4)cn3)CC2)c1. The summed E-state index contributed by atoms with van der Waals surface area (Å²) in [5.74, 6) is 0.329. The Morgan fingerprint density at radius 3 is 2.09 bits per heavy atom. The lowest BCUT2D eigenvalue weighted by Crippen LogP contribution is -2.45. The Hall–Kier alpha value is -5.34. The lowest BCUT2D eigenvalue weighted by molar-refractivity contribution is 0.0923. The number of nitrogens with zero attached hydrogens (tertiary/aromatic N) is 3. The van der Waals surface area contributed by atoms with Crippen molar-refractivity contribution in [3.8, 4) is 0 Å². The van der Waals surface area contributed by atoms with Gasteiger partial charge in [0.15, 0.2) is 0 Å². The van der Waals surface area contributed by atoms with Crippen LogP contribution in [-0.4, -0.2) is 60.0 Å². The van der Waals surface area contributed by atoms with E-state index in [9.17, 15) is 14.0 Å². The fraction of sp³-hybridized carbons (Fsp3) is 0.311. The number of halogens is 1. The summed E-state index contributed by atoms with van der Waals surface area (Å²) in [5, 5.41) is 6.43. The number of benzene rings is 2. The van der Waals surface area contributed by atoms with Crippen LogP contribution >= 0.6 is 0 Å². The molecule has 2 amide bonds. The second kappa shape index (κ2) is 19.5. The van der Waals surface area contributed by atoms with E-state index in [0.717, 1.165) is 87.3 Å². The molecule has 1 unspecified atom stereocenters. The predicted octanol–water partition coefficient (Wildman–Crippen LogP) is 8.70. The van der Waals surface area contributed by atoms with Gasteiger partial charge in [-0.2, -0.15) is 0 Å². The molecule has 2 aliphatic rings. The van der Waals surface area contributed by atoms with Crippen LogP contribution in [0.3, 0.4) is 0 Å². The zero-order valence-electron chi connectivity index (χ0n) is 31.1. The normalized spacial score (nSPS) is 17.9. The van der Waals surface area contributed by atoms with Gasteiger partial charge in [0.25, 0.3) is 11.8 Å². The van der Waals surface area contributed by atoms with Crippen LogP contribution in [0.25, 0.3) is 11.1 Å². The second-order valence-corrected chi connectivity index (χ2v) is 13.6. The number of pyridine rings is 1. The standard InChI is InChI=1S/C45H52FN5O2/c1-5-9-13-34(7-3)36-15-11-16-37(29-36)44(52)49-40-23-27-51(28-24-40)43-21-18-33(31-47-43)32-50-25-12-17-39(22-26-50)48-45(53)38-19-20-42(46)41(30-38)35(8-4)14-10-6-2/h5-11,13-16,18-21,29-31,39-40H,3-4,12,17,22-28,32H2,1-2H3,(H,48,53)(H,49,52)/b9-5-,10-6-,34-13+,35-14+. The Kier molecular flexibility index (Phi) is 14.3. The van der Waals surface area contributed by atoms with E-state index in [2.05, 4.69) is 45.7 Å². The van der Waals surface area contributed by atoms with Gasteiger partial charge in [-0.15, -0.1) is 0 Å². The van der Waals surface area contributed by atoms with Crippen molar-refractivity contribution in [3.63, 3.8) is 0 Å². The zero-order valence-corrected chi connectivity index (χ0v) is 31.1. The van der Waals surface area contributed by atoms with Crippen LogP contribution in [0.2, 0.25) is 0 Å². The van der Waals surface area contributed by atoms with Crippen LogP contribution in [0.15, 0.2) is 123 Å². The van der Waals surface area contributed by atoms with Crippen molar-refractivity contribution in [2.24, 2.45) is 0 Å². The number of likely N-dealkylation sites (tertiary alicyclic amines) is 1. The minimum Gasteiger partial charge on any atom is -0.356 e. The molecule has 3 heterocycles. The zero-order chi connectivity index (χ0) is 37.6. The maximum absolute atomic E-state index is 14.6. The number of nitrogens with one attached hydrogen (secondary N) is 2. The van der Waals surface area contributed by atoms with Crippen LogP contribution in [0.5, 0.6) is 0 Å². The minimum absolute atomic E-state index is 0.0484. The van der Waals surface area contributed by atoms with Gasteiger partial charge >= 0.3 is 0 Å². The summed E-state index contributed by atoms with van der Waals surface area (Å²) in [4.78, 5) is 35.8. The molecule has 0 aliphatic carbocycles. The number of amides is 2. The summed E-state index contributed by atoms with van der Waals surface area (Å²) < 4.78 is 14.6. The van der Waals surface area contributed by atoms with Crippen LogP contribution in [-0.2, 0) is 6.54 Å². The van der Waals surface area contributed by atoms with Crippen molar-refractivity contribution >= 4 is 28.8 Å². The molecule has 0 saturated carbocycles. The lowest BCUT2D eigenvalue weighted by Gasteiger charge is -2.33. The number of hydrogen-bond acceptors (Lipinski definition) is 5. The van der Waals surface area contributed by atoms with Crippen LogP contribution in [0.1, 0.15) is 83.4 Å². The predicted molar refractivity (Wildman–Crippen MR) is 216 cm³/mol. The quantitative estimate of drug-likeness (QED) is 0.173. The van der Waals surface area contributed by atoms with Gasteiger partial charge in [-0.05, 0) is 111 Å². The first kappa shape index (κ1) is 38.9. The van der Waals surface area contributed by atoms with Crippen molar-refractivity contribution in [2.75, 3.05) is 31.1 Å². The molecular weight excluding hydrogens is 662 g/mol. The number of carbonyl (C=O) groups excluding carboxylic acids is 2. The highest BCUT2D eigenvalue weighted by molar-refractivity contribution is 5.96. The summed E-state index contributed by atoms with van der Waals surface area (Å²) in [6, 6.07) is 16.6.